The number of nitrogens with zero attached hydrogens (tertiary/aromatic N) is 1. The van der Waals surface area contributed by atoms with Crippen LogP contribution in [0.1, 0.15) is 16.1 Å². The number of hydrogen-bond donors (Lipinski definition) is 2. The van der Waals surface area contributed by atoms with E-state index >= 15 is 0 Å². The summed E-state index contributed by atoms with van der Waals surface area (Å²) in [4.78, 5) is 14.7. The van der Waals surface area contributed by atoms with Gasteiger partial charge in [-0.05, 0) is 24.3 Å². The fraction of sp³-hybridized carbons (Fsp3) is 0.0769. The van der Waals surface area contributed by atoms with Crippen molar-refractivity contribution in [2.24, 2.45) is 5.73 Å². The van der Waals surface area contributed by atoms with Crippen LogP contribution in [0, 0.1) is 0 Å². The number of primary amides is 1. The van der Waals surface area contributed by atoms with Gasteiger partial charge in [0.1, 0.15) is 11.5 Å². The summed E-state index contributed by atoms with van der Waals surface area (Å²) in [6.07, 6.45) is -4.59. The Morgan fingerprint density at radius 2 is 1.75 bits per heavy atom. The van der Waals surface area contributed by atoms with Gasteiger partial charge >= 0.3 is 6.18 Å². The van der Waals surface area contributed by atoms with Gasteiger partial charge in [0, 0.05) is 5.69 Å². The van der Waals surface area contributed by atoms with Crippen LogP contribution in [-0.4, -0.2) is 10.9 Å². The van der Waals surface area contributed by atoms with Gasteiger partial charge in [-0.1, -0.05) is 18.2 Å². The summed E-state index contributed by atoms with van der Waals surface area (Å²) in [5, 5.41) is 2.65. The average Bonchev–Trinajstić information content (AvgIpc) is 2.38. The van der Waals surface area contributed by atoms with Crippen molar-refractivity contribution in [2.45, 2.75) is 6.18 Å². The van der Waals surface area contributed by atoms with Gasteiger partial charge < -0.3 is 11.1 Å². The van der Waals surface area contributed by atoms with Gasteiger partial charge in [-0.25, -0.2) is 4.98 Å². The van der Waals surface area contributed by atoms with Crippen LogP contribution in [0.25, 0.3) is 0 Å². The maximum absolute atomic E-state index is 12.6. The topological polar surface area (TPSA) is 68.0 Å². The maximum atomic E-state index is 12.6. The Labute approximate surface area is 112 Å². The lowest BCUT2D eigenvalue weighted by Gasteiger charge is -2.12. The predicted molar refractivity (Wildman–Crippen MR) is 67.5 cm³/mol. The Hall–Kier alpha value is -2.57. The van der Waals surface area contributed by atoms with E-state index in [1.165, 1.54) is 0 Å². The maximum Gasteiger partial charge on any atom is 0.433 e. The number of rotatable bonds is 3. The number of nitrogens with two attached hydrogens (primary N) is 1. The number of halogens is 3. The number of pyridine rings is 1. The van der Waals surface area contributed by atoms with Crippen LogP contribution in [0.5, 0.6) is 0 Å². The first kappa shape index (κ1) is 13.9. The Balaban J connectivity index is 2.45. The number of benzene rings is 1. The normalized spacial score (nSPS) is 11.2. The molecule has 104 valence electrons. The van der Waals surface area contributed by atoms with Gasteiger partial charge in [0.2, 0.25) is 0 Å². The second-order valence-corrected chi connectivity index (χ2v) is 3.95. The third kappa shape index (κ3) is 3.05. The van der Waals surface area contributed by atoms with Crippen LogP contribution in [0.2, 0.25) is 0 Å². The van der Waals surface area contributed by atoms with Gasteiger partial charge in [0.25, 0.3) is 5.91 Å². The van der Waals surface area contributed by atoms with Crippen LogP contribution in [-0.2, 0) is 6.18 Å². The van der Waals surface area contributed by atoms with Crippen molar-refractivity contribution in [1.29, 1.82) is 0 Å². The monoisotopic (exact) mass is 281 g/mol. The number of anilines is 2. The molecule has 4 nitrogen and oxygen atoms in total. The number of amides is 1. The summed E-state index contributed by atoms with van der Waals surface area (Å²) in [6.45, 7) is 0. The first-order chi connectivity index (χ1) is 9.38. The van der Waals surface area contributed by atoms with Crippen LogP contribution in [0.15, 0.2) is 42.5 Å². The second-order valence-electron chi connectivity index (χ2n) is 3.95. The standard InChI is InChI=1S/C13H10F3N3O/c14-13(15,16)10-7-6-9(11(17)20)12(19-10)18-8-4-2-1-3-5-8/h1-7H,(H2,17,20)(H,18,19). The molecular weight excluding hydrogens is 271 g/mol. The summed E-state index contributed by atoms with van der Waals surface area (Å²) in [5.41, 5.74) is 4.42. The van der Waals surface area contributed by atoms with Crippen molar-refractivity contribution in [3.8, 4) is 0 Å². The second kappa shape index (κ2) is 5.20. The van der Waals surface area contributed by atoms with E-state index in [0.717, 1.165) is 12.1 Å². The molecule has 0 aliphatic rings. The fourth-order valence-electron chi connectivity index (χ4n) is 1.57. The van der Waals surface area contributed by atoms with Crippen LogP contribution < -0.4 is 11.1 Å². The highest BCUT2D eigenvalue weighted by Gasteiger charge is 2.33. The van der Waals surface area contributed by atoms with Gasteiger partial charge in [0.05, 0.1) is 5.56 Å². The van der Waals surface area contributed by atoms with E-state index in [1.807, 2.05) is 0 Å². The molecule has 0 atom stereocenters. The molecule has 7 heteroatoms. The molecule has 1 heterocycles. The van der Waals surface area contributed by atoms with Crippen molar-refractivity contribution in [1.82, 2.24) is 4.98 Å². The third-order valence-corrected chi connectivity index (χ3v) is 2.49. The molecule has 0 aliphatic heterocycles. The number of nitrogens with one attached hydrogen (secondary N) is 1. The van der Waals surface area contributed by atoms with E-state index in [2.05, 4.69) is 10.3 Å². The number of aromatic nitrogens is 1. The molecule has 0 unspecified atom stereocenters. The zero-order valence-electron chi connectivity index (χ0n) is 10.1. The van der Waals surface area contributed by atoms with Crippen LogP contribution in [0.4, 0.5) is 24.7 Å². The molecule has 1 aromatic carbocycles. The Bertz CT molecular complexity index is 627. The molecule has 1 aromatic heterocycles. The summed E-state index contributed by atoms with van der Waals surface area (Å²) in [7, 11) is 0. The lowest BCUT2D eigenvalue weighted by atomic mass is 10.2. The van der Waals surface area contributed by atoms with Crippen molar-refractivity contribution < 1.29 is 18.0 Å². The molecule has 0 spiro atoms. The number of alkyl halides is 3. The molecule has 0 bridgehead atoms. The zero-order chi connectivity index (χ0) is 14.8. The van der Waals surface area contributed by atoms with Gasteiger partial charge in [-0.15, -0.1) is 0 Å². The third-order valence-electron chi connectivity index (χ3n) is 2.49. The molecule has 0 fully saturated rings. The largest absolute Gasteiger partial charge is 0.433 e. The summed E-state index contributed by atoms with van der Waals surface area (Å²) in [5.74, 6) is -1.08. The van der Waals surface area contributed by atoms with Gasteiger partial charge in [-0.2, -0.15) is 13.2 Å². The number of carbonyl (C=O) groups is 1. The highest BCUT2D eigenvalue weighted by atomic mass is 19.4. The highest BCUT2D eigenvalue weighted by Crippen LogP contribution is 2.30. The number of para-hydroxylation sites is 1. The highest BCUT2D eigenvalue weighted by molar-refractivity contribution is 5.98. The average molecular weight is 281 g/mol. The molecule has 0 saturated carbocycles. The minimum absolute atomic E-state index is 0.109. The van der Waals surface area contributed by atoms with Crippen molar-refractivity contribution in [2.75, 3.05) is 5.32 Å². The van der Waals surface area contributed by atoms with Crippen LogP contribution >= 0.6 is 0 Å². The predicted octanol–water partition coefficient (Wildman–Crippen LogP) is 2.94. The first-order valence-electron chi connectivity index (χ1n) is 5.58. The molecule has 2 rings (SSSR count). The van der Waals surface area contributed by atoms with Crippen LogP contribution in [0.3, 0.4) is 0 Å². The zero-order valence-corrected chi connectivity index (χ0v) is 10.1. The molecule has 20 heavy (non-hydrogen) atoms. The first-order valence-corrected chi connectivity index (χ1v) is 5.58. The lowest BCUT2D eigenvalue weighted by Crippen LogP contribution is -2.17. The molecular formula is C13H10F3N3O. The van der Waals surface area contributed by atoms with E-state index in [9.17, 15) is 18.0 Å². The Morgan fingerprint density at radius 3 is 2.30 bits per heavy atom. The molecule has 3 N–H and O–H groups in total. The number of hydrogen-bond acceptors (Lipinski definition) is 3. The van der Waals surface area contributed by atoms with E-state index in [-0.39, 0.29) is 11.4 Å². The molecule has 1 amide bonds. The van der Waals surface area contributed by atoms with E-state index in [0.29, 0.717) is 5.69 Å². The van der Waals surface area contributed by atoms with E-state index in [1.54, 1.807) is 30.3 Å². The smallest absolute Gasteiger partial charge is 0.365 e. The summed E-state index contributed by atoms with van der Waals surface area (Å²) >= 11 is 0. The quantitative estimate of drug-likeness (QED) is 0.908. The minimum atomic E-state index is -4.59. The SMILES string of the molecule is NC(=O)c1ccc(C(F)(F)F)nc1Nc1ccccc1. The Morgan fingerprint density at radius 1 is 1.10 bits per heavy atom. The van der Waals surface area contributed by atoms with Gasteiger partial charge in [-0.3, -0.25) is 4.79 Å². The fourth-order valence-corrected chi connectivity index (χ4v) is 1.57. The molecule has 2 aromatic rings. The van der Waals surface area contributed by atoms with Crippen molar-refractivity contribution in [3.63, 3.8) is 0 Å². The lowest BCUT2D eigenvalue weighted by molar-refractivity contribution is -0.141. The Kier molecular flexibility index (Phi) is 3.60. The molecule has 0 aliphatic carbocycles. The summed E-state index contributed by atoms with van der Waals surface area (Å²) in [6, 6.07) is 10.1. The van der Waals surface area contributed by atoms with E-state index in [4.69, 9.17) is 5.73 Å². The number of carbonyl (C=O) groups excluding carboxylic acids is 1. The molecule has 0 radical (unpaired) electrons. The summed E-state index contributed by atoms with van der Waals surface area (Å²) < 4.78 is 37.9. The minimum Gasteiger partial charge on any atom is -0.365 e. The van der Waals surface area contributed by atoms with Gasteiger partial charge in [0.15, 0.2) is 0 Å². The van der Waals surface area contributed by atoms with Crippen molar-refractivity contribution >= 4 is 17.4 Å². The molecule has 0 saturated heterocycles. The van der Waals surface area contributed by atoms with Crippen molar-refractivity contribution in [3.05, 3.63) is 53.7 Å². The van der Waals surface area contributed by atoms with E-state index < -0.39 is 17.8 Å².